The number of amides is 1. The first-order valence-corrected chi connectivity index (χ1v) is 7.34. The van der Waals surface area contributed by atoms with Crippen molar-refractivity contribution in [3.63, 3.8) is 0 Å². The predicted molar refractivity (Wildman–Crippen MR) is 73.3 cm³/mol. The van der Waals surface area contributed by atoms with E-state index < -0.39 is 0 Å². The molecule has 0 aromatic carbocycles. The van der Waals surface area contributed by atoms with Crippen LogP contribution < -0.4 is 10.6 Å². The van der Waals surface area contributed by atoms with Crippen molar-refractivity contribution >= 4 is 5.91 Å². The van der Waals surface area contributed by atoms with Gasteiger partial charge in [-0.3, -0.25) is 4.79 Å². The Morgan fingerprint density at radius 3 is 3.00 bits per heavy atom. The zero-order valence-electron chi connectivity index (χ0n) is 11.6. The standard InChI is InChI=1S/C14H28N2O2/c1-2-12(7-9-17)11-16-14(18)6-5-13-4-3-8-15-10-13/h12-13,15,17H,2-11H2,1H3,(H,16,18). The number of aliphatic hydroxyl groups is 1. The number of carbonyl (C=O) groups excluding carboxylic acids is 1. The molecule has 1 aliphatic rings. The van der Waals surface area contributed by atoms with Crippen LogP contribution in [0.1, 0.15) is 45.4 Å². The first-order chi connectivity index (χ1) is 8.76. The van der Waals surface area contributed by atoms with Gasteiger partial charge < -0.3 is 15.7 Å². The molecule has 1 amide bonds. The summed E-state index contributed by atoms with van der Waals surface area (Å²) in [5.74, 6) is 1.25. The summed E-state index contributed by atoms with van der Waals surface area (Å²) in [6, 6.07) is 0. The molecule has 0 spiro atoms. The van der Waals surface area contributed by atoms with Crippen LogP contribution in [0.25, 0.3) is 0 Å². The summed E-state index contributed by atoms with van der Waals surface area (Å²) in [6.45, 7) is 5.21. The summed E-state index contributed by atoms with van der Waals surface area (Å²) in [7, 11) is 0. The molecule has 4 nitrogen and oxygen atoms in total. The monoisotopic (exact) mass is 256 g/mol. The average Bonchev–Trinajstić information content (AvgIpc) is 2.42. The third kappa shape index (κ3) is 6.36. The molecule has 2 unspecified atom stereocenters. The number of hydrogen-bond acceptors (Lipinski definition) is 3. The molecule has 2 atom stereocenters. The van der Waals surface area contributed by atoms with E-state index in [0.717, 1.165) is 32.4 Å². The van der Waals surface area contributed by atoms with E-state index >= 15 is 0 Å². The van der Waals surface area contributed by atoms with Gasteiger partial charge >= 0.3 is 0 Å². The molecule has 1 aliphatic heterocycles. The van der Waals surface area contributed by atoms with Crippen LogP contribution in [0, 0.1) is 11.8 Å². The fourth-order valence-electron chi connectivity index (χ4n) is 2.49. The van der Waals surface area contributed by atoms with E-state index in [-0.39, 0.29) is 12.5 Å². The second kappa shape index (κ2) is 9.34. The molecule has 0 radical (unpaired) electrons. The van der Waals surface area contributed by atoms with Crippen molar-refractivity contribution in [2.45, 2.75) is 45.4 Å². The van der Waals surface area contributed by atoms with Gasteiger partial charge in [0, 0.05) is 19.6 Å². The van der Waals surface area contributed by atoms with Gasteiger partial charge in [-0.05, 0) is 50.6 Å². The highest BCUT2D eigenvalue weighted by Crippen LogP contribution is 2.15. The third-order valence-electron chi connectivity index (χ3n) is 3.88. The average molecular weight is 256 g/mol. The highest BCUT2D eigenvalue weighted by Gasteiger charge is 2.14. The van der Waals surface area contributed by atoms with Gasteiger partial charge in [-0.25, -0.2) is 0 Å². The van der Waals surface area contributed by atoms with Gasteiger partial charge in [-0.1, -0.05) is 13.3 Å². The lowest BCUT2D eigenvalue weighted by Crippen LogP contribution is -2.32. The van der Waals surface area contributed by atoms with E-state index in [0.29, 0.717) is 24.8 Å². The van der Waals surface area contributed by atoms with Crippen LogP contribution in [0.3, 0.4) is 0 Å². The van der Waals surface area contributed by atoms with Crippen LogP contribution in [-0.2, 0) is 4.79 Å². The molecule has 106 valence electrons. The van der Waals surface area contributed by atoms with Crippen LogP contribution in [0.2, 0.25) is 0 Å². The Kier molecular flexibility index (Phi) is 8.01. The fraction of sp³-hybridized carbons (Fsp3) is 0.929. The fourth-order valence-corrected chi connectivity index (χ4v) is 2.49. The van der Waals surface area contributed by atoms with Crippen LogP contribution >= 0.6 is 0 Å². The Bertz CT molecular complexity index is 217. The Morgan fingerprint density at radius 1 is 1.56 bits per heavy atom. The summed E-state index contributed by atoms with van der Waals surface area (Å²) in [4.78, 5) is 11.7. The summed E-state index contributed by atoms with van der Waals surface area (Å²) >= 11 is 0. The number of aliphatic hydroxyl groups excluding tert-OH is 1. The van der Waals surface area contributed by atoms with Gasteiger partial charge in [0.2, 0.25) is 5.91 Å². The second-order valence-electron chi connectivity index (χ2n) is 5.34. The van der Waals surface area contributed by atoms with Gasteiger partial charge in [0.25, 0.3) is 0 Å². The van der Waals surface area contributed by atoms with Crippen molar-refractivity contribution in [2.75, 3.05) is 26.2 Å². The van der Waals surface area contributed by atoms with E-state index in [1.807, 2.05) is 0 Å². The van der Waals surface area contributed by atoms with Crippen molar-refractivity contribution < 1.29 is 9.90 Å². The Balaban J connectivity index is 2.08. The normalized spacial score (nSPS) is 21.6. The number of nitrogens with one attached hydrogen (secondary N) is 2. The molecular weight excluding hydrogens is 228 g/mol. The third-order valence-corrected chi connectivity index (χ3v) is 3.88. The minimum Gasteiger partial charge on any atom is -0.396 e. The first kappa shape index (κ1) is 15.4. The number of rotatable bonds is 8. The lowest BCUT2D eigenvalue weighted by Gasteiger charge is -2.22. The van der Waals surface area contributed by atoms with Gasteiger partial charge in [-0.15, -0.1) is 0 Å². The molecule has 0 aromatic rings. The maximum absolute atomic E-state index is 11.7. The van der Waals surface area contributed by atoms with Crippen LogP contribution in [-0.4, -0.2) is 37.3 Å². The van der Waals surface area contributed by atoms with Crippen molar-refractivity contribution in [3.05, 3.63) is 0 Å². The van der Waals surface area contributed by atoms with E-state index in [1.54, 1.807) is 0 Å². The minimum atomic E-state index is 0.164. The lowest BCUT2D eigenvalue weighted by atomic mass is 9.94. The van der Waals surface area contributed by atoms with E-state index in [2.05, 4.69) is 17.6 Å². The highest BCUT2D eigenvalue weighted by atomic mass is 16.3. The Labute approximate surface area is 111 Å². The van der Waals surface area contributed by atoms with Crippen LogP contribution in [0.15, 0.2) is 0 Å². The maximum Gasteiger partial charge on any atom is 0.220 e. The molecule has 1 heterocycles. The summed E-state index contributed by atoms with van der Waals surface area (Å²) < 4.78 is 0. The molecule has 1 rings (SSSR count). The summed E-state index contributed by atoms with van der Waals surface area (Å²) in [5.41, 5.74) is 0. The summed E-state index contributed by atoms with van der Waals surface area (Å²) in [5, 5.41) is 15.2. The van der Waals surface area contributed by atoms with Crippen molar-refractivity contribution in [1.29, 1.82) is 0 Å². The number of hydrogen-bond donors (Lipinski definition) is 3. The maximum atomic E-state index is 11.7. The van der Waals surface area contributed by atoms with Crippen molar-refractivity contribution in [3.8, 4) is 0 Å². The van der Waals surface area contributed by atoms with E-state index in [4.69, 9.17) is 5.11 Å². The molecule has 0 aliphatic carbocycles. The molecule has 18 heavy (non-hydrogen) atoms. The number of carbonyl (C=O) groups is 1. The summed E-state index contributed by atoms with van der Waals surface area (Å²) in [6.07, 6.45) is 5.91. The van der Waals surface area contributed by atoms with Crippen molar-refractivity contribution in [1.82, 2.24) is 10.6 Å². The van der Waals surface area contributed by atoms with Gasteiger partial charge in [0.15, 0.2) is 0 Å². The molecule has 4 heteroatoms. The minimum absolute atomic E-state index is 0.164. The highest BCUT2D eigenvalue weighted by molar-refractivity contribution is 5.75. The molecule has 0 bridgehead atoms. The smallest absolute Gasteiger partial charge is 0.220 e. The molecular formula is C14H28N2O2. The van der Waals surface area contributed by atoms with Crippen LogP contribution in [0.4, 0.5) is 0 Å². The van der Waals surface area contributed by atoms with Gasteiger partial charge in [0.05, 0.1) is 0 Å². The lowest BCUT2D eigenvalue weighted by molar-refractivity contribution is -0.121. The number of piperidine rings is 1. The Morgan fingerprint density at radius 2 is 2.39 bits per heavy atom. The van der Waals surface area contributed by atoms with Crippen molar-refractivity contribution in [2.24, 2.45) is 11.8 Å². The zero-order valence-corrected chi connectivity index (χ0v) is 11.6. The molecule has 0 aromatic heterocycles. The topological polar surface area (TPSA) is 61.4 Å². The molecule has 3 N–H and O–H groups in total. The quantitative estimate of drug-likeness (QED) is 0.613. The van der Waals surface area contributed by atoms with E-state index in [9.17, 15) is 4.79 Å². The van der Waals surface area contributed by atoms with Gasteiger partial charge in [0.1, 0.15) is 0 Å². The van der Waals surface area contributed by atoms with Gasteiger partial charge in [-0.2, -0.15) is 0 Å². The Hall–Kier alpha value is -0.610. The first-order valence-electron chi connectivity index (χ1n) is 7.34. The largest absolute Gasteiger partial charge is 0.396 e. The molecule has 0 saturated carbocycles. The molecule has 1 saturated heterocycles. The molecule has 1 fully saturated rings. The SMILES string of the molecule is CCC(CCO)CNC(=O)CCC1CCCNC1. The predicted octanol–water partition coefficient (Wildman–Crippen LogP) is 1.29. The second-order valence-corrected chi connectivity index (χ2v) is 5.34. The van der Waals surface area contributed by atoms with E-state index in [1.165, 1.54) is 12.8 Å². The zero-order chi connectivity index (χ0) is 13.2. The van der Waals surface area contributed by atoms with Crippen LogP contribution in [0.5, 0.6) is 0 Å².